The predicted octanol–water partition coefficient (Wildman–Crippen LogP) is 2.56. The second kappa shape index (κ2) is 9.36. The van der Waals surface area contributed by atoms with Crippen LogP contribution in [0.4, 0.5) is 20.2 Å². The molecule has 1 saturated heterocycles. The fraction of sp³-hybridized carbons (Fsp3) is 0.238. The van der Waals surface area contributed by atoms with Gasteiger partial charge in [0.2, 0.25) is 21.8 Å². The molecule has 2 amide bonds. The van der Waals surface area contributed by atoms with Crippen LogP contribution in [0.5, 0.6) is 0 Å². The number of nitrogens with one attached hydrogen (secondary N) is 2. The van der Waals surface area contributed by atoms with Gasteiger partial charge in [-0.1, -0.05) is 18.2 Å². The minimum atomic E-state index is -3.50. The molecule has 0 aliphatic carbocycles. The highest BCUT2D eigenvalue weighted by molar-refractivity contribution is 7.88. The van der Waals surface area contributed by atoms with Gasteiger partial charge < -0.3 is 10.2 Å². The number of carbonyl (C=O) groups is 2. The lowest BCUT2D eigenvalue weighted by Gasteiger charge is -2.17. The van der Waals surface area contributed by atoms with Crippen molar-refractivity contribution in [2.45, 2.75) is 12.2 Å². The zero-order valence-corrected chi connectivity index (χ0v) is 17.3. The number of halogens is 2. The van der Waals surface area contributed by atoms with E-state index in [0.29, 0.717) is 17.3 Å². The highest BCUT2D eigenvalue weighted by Crippen LogP contribution is 2.27. The van der Waals surface area contributed by atoms with Crippen LogP contribution in [-0.2, 0) is 25.4 Å². The fourth-order valence-electron chi connectivity index (χ4n) is 3.24. The van der Waals surface area contributed by atoms with Crippen molar-refractivity contribution in [2.24, 2.45) is 5.92 Å². The van der Waals surface area contributed by atoms with Gasteiger partial charge in [-0.3, -0.25) is 9.59 Å². The smallest absolute Gasteiger partial charge is 0.239 e. The highest BCUT2D eigenvalue weighted by atomic mass is 32.2. The van der Waals surface area contributed by atoms with Crippen molar-refractivity contribution in [3.63, 3.8) is 0 Å². The van der Waals surface area contributed by atoms with Crippen molar-refractivity contribution in [1.82, 2.24) is 4.72 Å². The Labute approximate surface area is 178 Å². The molecular formula is C21H21F2N3O4S. The minimum absolute atomic E-state index is 0.0634. The molecule has 2 N–H and O–H groups in total. The molecule has 0 radical (unpaired) electrons. The Balaban J connectivity index is 1.62. The largest absolute Gasteiger partial charge is 0.325 e. The zero-order chi connectivity index (χ0) is 22.6. The van der Waals surface area contributed by atoms with Crippen LogP contribution in [0.3, 0.4) is 0 Å². The van der Waals surface area contributed by atoms with Crippen LogP contribution in [0.25, 0.3) is 0 Å². The maximum atomic E-state index is 13.4. The molecule has 1 heterocycles. The number of anilines is 2. The number of benzene rings is 2. The summed E-state index contributed by atoms with van der Waals surface area (Å²) in [5.74, 6) is -3.92. The molecule has 0 spiro atoms. The monoisotopic (exact) mass is 449 g/mol. The van der Waals surface area contributed by atoms with Crippen LogP contribution < -0.4 is 14.9 Å². The zero-order valence-electron chi connectivity index (χ0n) is 16.5. The molecule has 7 nitrogen and oxygen atoms in total. The van der Waals surface area contributed by atoms with E-state index >= 15 is 0 Å². The normalized spacial score (nSPS) is 16.4. The number of nitrogens with zero attached hydrogens (tertiary/aromatic N) is 1. The van der Waals surface area contributed by atoms with Gasteiger partial charge in [-0.05, 0) is 36.2 Å². The SMILES string of the molecule is C=CCNS(=O)(=O)Cc1ccc(NC(=O)C2CCN(c3cc(F)cc(F)c3)C2=O)cc1. The number of hydrogen-bond donors (Lipinski definition) is 2. The molecule has 0 aromatic heterocycles. The summed E-state index contributed by atoms with van der Waals surface area (Å²) >= 11 is 0. The number of carbonyl (C=O) groups excluding carboxylic acids is 2. The van der Waals surface area contributed by atoms with E-state index in [0.717, 1.165) is 12.1 Å². The van der Waals surface area contributed by atoms with Crippen LogP contribution in [0.15, 0.2) is 55.1 Å². The molecular weight excluding hydrogens is 428 g/mol. The van der Waals surface area contributed by atoms with Crippen molar-refractivity contribution in [1.29, 1.82) is 0 Å². The summed E-state index contributed by atoms with van der Waals surface area (Å²) in [7, 11) is -3.50. The molecule has 31 heavy (non-hydrogen) atoms. The Morgan fingerprint density at radius 2 is 1.81 bits per heavy atom. The van der Waals surface area contributed by atoms with Crippen LogP contribution in [0.2, 0.25) is 0 Å². The van der Waals surface area contributed by atoms with E-state index in [9.17, 15) is 26.8 Å². The molecule has 1 fully saturated rings. The Bertz CT molecular complexity index is 1080. The Morgan fingerprint density at radius 3 is 2.42 bits per heavy atom. The lowest BCUT2D eigenvalue weighted by Crippen LogP contribution is -2.33. The van der Waals surface area contributed by atoms with Gasteiger partial charge in [-0.15, -0.1) is 6.58 Å². The summed E-state index contributed by atoms with van der Waals surface area (Å²) in [6, 6.07) is 8.97. The van der Waals surface area contributed by atoms with Gasteiger partial charge in [0.15, 0.2) is 0 Å². The molecule has 0 bridgehead atoms. The lowest BCUT2D eigenvalue weighted by atomic mass is 10.1. The molecule has 1 atom stereocenters. The van der Waals surface area contributed by atoms with E-state index in [1.807, 2.05) is 0 Å². The average Bonchev–Trinajstić information content (AvgIpc) is 3.08. The van der Waals surface area contributed by atoms with Gasteiger partial charge in [0, 0.05) is 30.5 Å². The number of sulfonamides is 1. The number of rotatable bonds is 8. The third-order valence-electron chi connectivity index (χ3n) is 4.71. The average molecular weight is 449 g/mol. The van der Waals surface area contributed by atoms with Crippen molar-refractivity contribution in [3.8, 4) is 0 Å². The summed E-state index contributed by atoms with van der Waals surface area (Å²) in [6.45, 7) is 3.74. The summed E-state index contributed by atoms with van der Waals surface area (Å²) in [5.41, 5.74) is 0.979. The molecule has 164 valence electrons. The van der Waals surface area contributed by atoms with Crippen molar-refractivity contribution in [2.75, 3.05) is 23.3 Å². The molecule has 0 saturated carbocycles. The van der Waals surface area contributed by atoms with Gasteiger partial charge in [0.25, 0.3) is 0 Å². The van der Waals surface area contributed by atoms with Crippen LogP contribution in [0, 0.1) is 17.6 Å². The van der Waals surface area contributed by atoms with E-state index in [2.05, 4.69) is 16.6 Å². The summed E-state index contributed by atoms with van der Waals surface area (Å²) < 4.78 is 53.1. The maximum absolute atomic E-state index is 13.4. The van der Waals surface area contributed by atoms with Crippen LogP contribution >= 0.6 is 0 Å². The molecule has 1 unspecified atom stereocenters. The van der Waals surface area contributed by atoms with E-state index in [4.69, 9.17) is 0 Å². The summed E-state index contributed by atoms with van der Waals surface area (Å²) in [6.07, 6.45) is 1.64. The lowest BCUT2D eigenvalue weighted by molar-refractivity contribution is -0.129. The predicted molar refractivity (Wildman–Crippen MR) is 113 cm³/mol. The first kappa shape index (κ1) is 22.6. The summed E-state index contributed by atoms with van der Waals surface area (Å²) in [5, 5.41) is 2.62. The Kier molecular flexibility index (Phi) is 6.81. The Morgan fingerprint density at radius 1 is 1.16 bits per heavy atom. The number of hydrogen-bond acceptors (Lipinski definition) is 4. The number of amides is 2. The van der Waals surface area contributed by atoms with E-state index in [-0.39, 0.29) is 31.0 Å². The van der Waals surface area contributed by atoms with Crippen LogP contribution in [0.1, 0.15) is 12.0 Å². The minimum Gasteiger partial charge on any atom is -0.325 e. The molecule has 1 aliphatic heterocycles. The second-order valence-electron chi connectivity index (χ2n) is 7.04. The van der Waals surface area contributed by atoms with Crippen LogP contribution in [-0.4, -0.2) is 33.3 Å². The van der Waals surface area contributed by atoms with Gasteiger partial charge in [0.1, 0.15) is 17.6 Å². The van der Waals surface area contributed by atoms with E-state index in [1.165, 1.54) is 23.1 Å². The quantitative estimate of drug-likeness (QED) is 0.478. The second-order valence-corrected chi connectivity index (χ2v) is 8.85. The molecule has 10 heteroatoms. The fourth-order valence-corrected chi connectivity index (χ4v) is 4.35. The molecule has 3 rings (SSSR count). The molecule has 1 aliphatic rings. The Hall–Kier alpha value is -3.11. The first-order valence-electron chi connectivity index (χ1n) is 9.44. The molecule has 2 aromatic carbocycles. The third kappa shape index (κ3) is 5.74. The van der Waals surface area contributed by atoms with Crippen molar-refractivity contribution >= 4 is 33.2 Å². The van der Waals surface area contributed by atoms with Gasteiger partial charge in [0.05, 0.1) is 5.75 Å². The van der Waals surface area contributed by atoms with Gasteiger partial charge in [-0.2, -0.15) is 0 Å². The van der Waals surface area contributed by atoms with E-state index < -0.39 is 39.4 Å². The highest BCUT2D eigenvalue weighted by Gasteiger charge is 2.38. The molecule has 2 aromatic rings. The standard InChI is InChI=1S/C21H21F2N3O4S/c1-2-8-24-31(29,30)13-14-3-5-17(6-4-14)25-20(27)19-7-9-26(21(19)28)18-11-15(22)10-16(23)12-18/h2-6,10-12,19,24H,1,7-9,13H2,(H,25,27). The first-order valence-corrected chi connectivity index (χ1v) is 11.1. The van der Waals surface area contributed by atoms with Gasteiger partial charge in [-0.25, -0.2) is 21.9 Å². The van der Waals surface area contributed by atoms with Gasteiger partial charge >= 0.3 is 0 Å². The maximum Gasteiger partial charge on any atom is 0.239 e. The van der Waals surface area contributed by atoms with Crippen molar-refractivity contribution in [3.05, 3.63) is 72.3 Å². The summed E-state index contributed by atoms with van der Waals surface area (Å²) in [4.78, 5) is 26.3. The first-order chi connectivity index (χ1) is 14.7. The topological polar surface area (TPSA) is 95.6 Å². The van der Waals surface area contributed by atoms with E-state index in [1.54, 1.807) is 12.1 Å². The third-order valence-corrected chi connectivity index (χ3v) is 6.03. The van der Waals surface area contributed by atoms with Crippen molar-refractivity contribution < 1.29 is 26.8 Å².